The molecule has 13 rings (SSSR count). The highest BCUT2D eigenvalue weighted by Crippen LogP contribution is 2.43. The lowest BCUT2D eigenvalue weighted by atomic mass is 9.96. The molecule has 65 heavy (non-hydrogen) atoms. The number of hydrogen-bond acceptors (Lipinski definition) is 4. The second kappa shape index (κ2) is 14.4. The van der Waals surface area contributed by atoms with Crippen LogP contribution in [0.2, 0.25) is 0 Å². The van der Waals surface area contributed by atoms with Gasteiger partial charge in [-0.2, -0.15) is 0 Å². The summed E-state index contributed by atoms with van der Waals surface area (Å²) in [6, 6.07) is 64.7. The Labute approximate surface area is 373 Å². The molecule has 0 aliphatic rings. The van der Waals surface area contributed by atoms with Gasteiger partial charge in [0.05, 0.1) is 16.7 Å². The highest BCUT2D eigenvalue weighted by Gasteiger charge is 2.24. The van der Waals surface area contributed by atoms with E-state index in [1.807, 2.05) is 6.08 Å². The Morgan fingerprint density at radius 1 is 0.446 bits per heavy atom. The average molecular weight is 831 g/mol. The second-order valence-electron chi connectivity index (χ2n) is 16.8. The molecular weight excluding hydrogens is 793 g/mol. The van der Waals surface area contributed by atoms with Crippen LogP contribution in [0.5, 0.6) is 0 Å². The van der Waals surface area contributed by atoms with Crippen molar-refractivity contribution in [3.05, 3.63) is 212 Å². The third-order valence-electron chi connectivity index (χ3n) is 13.1. The molecule has 0 aliphatic carbocycles. The van der Waals surface area contributed by atoms with Gasteiger partial charge in [-0.25, -0.2) is 15.0 Å². The predicted molar refractivity (Wildman–Crippen MR) is 272 cm³/mol. The Morgan fingerprint density at radius 3 is 1.88 bits per heavy atom. The lowest BCUT2D eigenvalue weighted by Gasteiger charge is -2.16. The Kier molecular flexibility index (Phi) is 8.21. The molecule has 13 aromatic rings. The molecule has 3 heterocycles. The first-order valence-corrected chi connectivity index (χ1v) is 22.0. The number of furan rings is 1. The van der Waals surface area contributed by atoms with Crippen LogP contribution in [0.15, 0.2) is 205 Å². The molecule has 0 spiro atoms. The quantitative estimate of drug-likeness (QED) is 0.124. The van der Waals surface area contributed by atoms with Gasteiger partial charge in [-0.15, -0.1) is 0 Å². The number of hydrogen-bond donors (Lipinski definition) is 0. The zero-order valence-electron chi connectivity index (χ0n) is 35.5. The average Bonchev–Trinajstić information content (AvgIpc) is 3.88. The molecule has 0 N–H and O–H groups in total. The summed E-state index contributed by atoms with van der Waals surface area (Å²) < 4.78 is 9.33. The van der Waals surface area contributed by atoms with Crippen molar-refractivity contribution in [2.75, 3.05) is 0 Å². The smallest absolute Gasteiger partial charge is 0.166 e. The summed E-state index contributed by atoms with van der Waals surface area (Å²) in [6.07, 6.45) is 5.84. The van der Waals surface area contributed by atoms with Gasteiger partial charge in [0.15, 0.2) is 17.5 Å². The minimum absolute atomic E-state index is 0.562. The lowest BCUT2D eigenvalue weighted by molar-refractivity contribution is 0.667. The standard InChI is InChI=1S/C60H38N4O/c1-3-4-21-41-36(2)29-30-47-50-34-52(55(35-56(50)65-57(41)47)64-53-28-14-13-26-46(53)49-31-38-17-5-6-18-39(38)33-54(49)64)60-62-58(48-27-15-20-37-16-7-9-22-42(37)48)61-59(63-60)51-32-40-19-8-10-23-43(40)44-24-11-12-25-45(44)51/h3-35H,1H2,2H3/b21-4-. The van der Waals surface area contributed by atoms with Crippen molar-refractivity contribution in [3.8, 4) is 39.9 Å². The van der Waals surface area contributed by atoms with E-state index in [4.69, 9.17) is 19.4 Å². The van der Waals surface area contributed by atoms with Crippen molar-refractivity contribution in [1.82, 2.24) is 19.5 Å². The number of benzene rings is 10. The highest BCUT2D eigenvalue weighted by molar-refractivity contribution is 6.16. The van der Waals surface area contributed by atoms with Gasteiger partial charge in [0.25, 0.3) is 0 Å². The molecule has 3 aromatic heterocycles. The van der Waals surface area contributed by atoms with Crippen molar-refractivity contribution < 1.29 is 4.42 Å². The van der Waals surface area contributed by atoms with E-state index in [0.29, 0.717) is 17.5 Å². The first kappa shape index (κ1) is 36.9. The number of allylic oxidation sites excluding steroid dienone is 2. The Hall–Kier alpha value is -8.67. The van der Waals surface area contributed by atoms with Crippen molar-refractivity contribution in [1.29, 1.82) is 0 Å². The normalized spacial score (nSPS) is 12.1. The molecule has 0 bridgehead atoms. The molecule has 10 aromatic carbocycles. The number of fused-ring (bicyclic) bond motifs is 11. The molecule has 0 atom stereocenters. The van der Waals surface area contributed by atoms with Crippen LogP contribution in [-0.2, 0) is 0 Å². The van der Waals surface area contributed by atoms with Crippen molar-refractivity contribution >= 4 is 92.9 Å². The number of rotatable bonds is 6. The van der Waals surface area contributed by atoms with Crippen molar-refractivity contribution in [2.24, 2.45) is 0 Å². The van der Waals surface area contributed by atoms with Crippen molar-refractivity contribution in [3.63, 3.8) is 0 Å². The number of nitrogens with zero attached hydrogens (tertiary/aromatic N) is 4. The van der Waals surface area contributed by atoms with E-state index in [2.05, 4.69) is 206 Å². The third-order valence-corrected chi connectivity index (χ3v) is 13.1. The van der Waals surface area contributed by atoms with E-state index in [1.54, 1.807) is 6.08 Å². The Balaban J connectivity index is 1.19. The molecule has 0 amide bonds. The molecule has 5 heteroatoms. The van der Waals surface area contributed by atoms with Crippen LogP contribution < -0.4 is 0 Å². The lowest BCUT2D eigenvalue weighted by Crippen LogP contribution is -2.04. The summed E-state index contributed by atoms with van der Waals surface area (Å²) in [4.78, 5) is 16.5. The summed E-state index contributed by atoms with van der Waals surface area (Å²) in [5.41, 5.74) is 9.53. The van der Waals surface area contributed by atoms with E-state index in [9.17, 15) is 0 Å². The van der Waals surface area contributed by atoms with Crippen LogP contribution in [0, 0.1) is 6.92 Å². The van der Waals surface area contributed by atoms with Gasteiger partial charge in [-0.05, 0) is 85.9 Å². The van der Waals surface area contributed by atoms with Gasteiger partial charge in [0, 0.05) is 49.9 Å². The van der Waals surface area contributed by atoms with Crippen LogP contribution in [0.1, 0.15) is 11.1 Å². The van der Waals surface area contributed by atoms with E-state index < -0.39 is 0 Å². The zero-order chi connectivity index (χ0) is 43.2. The van der Waals surface area contributed by atoms with Gasteiger partial charge >= 0.3 is 0 Å². The second-order valence-corrected chi connectivity index (χ2v) is 16.8. The SMILES string of the molecule is C=C/C=C\c1c(C)ccc2c1oc1cc(-n3c4ccccc4c4cc5ccccc5cc43)c(-c3nc(-c4cccc5ccccc45)nc(-c4cc5ccccc5c5ccccc45)n3)cc12. The minimum Gasteiger partial charge on any atom is -0.455 e. The maximum atomic E-state index is 6.96. The van der Waals surface area contributed by atoms with Crippen LogP contribution in [0.3, 0.4) is 0 Å². The van der Waals surface area contributed by atoms with E-state index in [1.165, 1.54) is 10.8 Å². The third kappa shape index (κ3) is 5.76. The molecule has 0 saturated heterocycles. The Bertz CT molecular complexity index is 4170. The first-order chi connectivity index (χ1) is 32.1. The highest BCUT2D eigenvalue weighted by atomic mass is 16.3. The van der Waals surface area contributed by atoms with E-state index in [0.717, 1.165) is 110 Å². The molecule has 0 aliphatic heterocycles. The molecule has 5 nitrogen and oxygen atoms in total. The van der Waals surface area contributed by atoms with Crippen molar-refractivity contribution in [2.45, 2.75) is 6.92 Å². The molecule has 0 fully saturated rings. The van der Waals surface area contributed by atoms with Crippen LogP contribution in [-0.4, -0.2) is 19.5 Å². The van der Waals surface area contributed by atoms with E-state index in [-0.39, 0.29) is 0 Å². The van der Waals surface area contributed by atoms with Gasteiger partial charge in [0.1, 0.15) is 11.2 Å². The number of aryl methyl sites for hydroxylation is 1. The maximum Gasteiger partial charge on any atom is 0.166 e. The maximum absolute atomic E-state index is 6.96. The zero-order valence-corrected chi connectivity index (χ0v) is 35.5. The monoisotopic (exact) mass is 830 g/mol. The molecule has 0 radical (unpaired) electrons. The molecule has 0 saturated carbocycles. The fraction of sp³-hybridized carbons (Fsp3) is 0.0167. The van der Waals surface area contributed by atoms with Gasteiger partial charge < -0.3 is 8.98 Å². The first-order valence-electron chi connectivity index (χ1n) is 22.0. The number of aromatic nitrogens is 4. The van der Waals surface area contributed by atoms with Gasteiger partial charge in [0.2, 0.25) is 0 Å². The summed E-state index contributed by atoms with van der Waals surface area (Å²) in [7, 11) is 0. The summed E-state index contributed by atoms with van der Waals surface area (Å²) >= 11 is 0. The molecule has 0 unspecified atom stereocenters. The summed E-state index contributed by atoms with van der Waals surface area (Å²) in [6.45, 7) is 6.07. The minimum atomic E-state index is 0.562. The summed E-state index contributed by atoms with van der Waals surface area (Å²) in [5.74, 6) is 1.76. The van der Waals surface area contributed by atoms with Crippen LogP contribution >= 0.6 is 0 Å². The summed E-state index contributed by atoms with van der Waals surface area (Å²) in [5, 5.41) is 13.4. The Morgan fingerprint density at radius 2 is 1.08 bits per heavy atom. The number of para-hydroxylation sites is 1. The fourth-order valence-corrected chi connectivity index (χ4v) is 10.0. The molecular formula is C60H38N4O. The topological polar surface area (TPSA) is 56.7 Å². The van der Waals surface area contributed by atoms with Gasteiger partial charge in [-0.3, -0.25) is 0 Å². The van der Waals surface area contributed by atoms with E-state index >= 15 is 0 Å². The largest absolute Gasteiger partial charge is 0.455 e. The fourth-order valence-electron chi connectivity index (χ4n) is 10.0. The predicted octanol–water partition coefficient (Wildman–Crippen LogP) is 16.0. The van der Waals surface area contributed by atoms with Crippen LogP contribution in [0.4, 0.5) is 0 Å². The van der Waals surface area contributed by atoms with Crippen LogP contribution in [0.25, 0.3) is 133 Å². The van der Waals surface area contributed by atoms with Gasteiger partial charge in [-0.1, -0.05) is 170 Å². The molecule has 304 valence electrons.